The molecule has 1 nitrogen and oxygen atoms in total. The Morgan fingerprint density at radius 3 is 2.40 bits per heavy atom. The van der Waals surface area contributed by atoms with E-state index in [-0.39, 0.29) is 5.41 Å². The number of halogens is 1. The predicted molar refractivity (Wildman–Crippen MR) is 59.6 cm³/mol. The molecule has 0 aromatic heterocycles. The fraction of sp³-hybridized carbons (Fsp3) is 0.462. The van der Waals surface area contributed by atoms with Crippen molar-refractivity contribution in [3.8, 4) is 6.07 Å². The highest BCUT2D eigenvalue weighted by Crippen LogP contribution is 2.69. The van der Waals surface area contributed by atoms with Crippen molar-refractivity contribution < 1.29 is 0 Å². The zero-order valence-corrected chi connectivity index (χ0v) is 9.22. The van der Waals surface area contributed by atoms with Crippen LogP contribution >= 0.6 is 11.6 Å². The summed E-state index contributed by atoms with van der Waals surface area (Å²) in [5, 5.41) is 10.1. The number of nitrogens with zero attached hydrogens (tertiary/aromatic N) is 1. The van der Waals surface area contributed by atoms with Gasteiger partial charge in [0.25, 0.3) is 0 Å². The van der Waals surface area contributed by atoms with E-state index in [1.165, 1.54) is 12.8 Å². The van der Waals surface area contributed by atoms with E-state index in [4.69, 9.17) is 11.6 Å². The normalized spacial score (nSPS) is 24.3. The van der Waals surface area contributed by atoms with Gasteiger partial charge in [0, 0.05) is 5.02 Å². The lowest BCUT2D eigenvalue weighted by Gasteiger charge is -2.44. The largest absolute Gasteiger partial charge is 0.197 e. The lowest BCUT2D eigenvalue weighted by Crippen LogP contribution is -2.41. The molecule has 2 saturated carbocycles. The van der Waals surface area contributed by atoms with E-state index in [0.29, 0.717) is 5.41 Å². The maximum atomic E-state index is 9.37. The molecule has 76 valence electrons. The quantitative estimate of drug-likeness (QED) is 0.704. The van der Waals surface area contributed by atoms with Crippen molar-refractivity contribution >= 4 is 11.6 Å². The monoisotopic (exact) mass is 217 g/mol. The van der Waals surface area contributed by atoms with Gasteiger partial charge in [-0.15, -0.1) is 0 Å². The first-order chi connectivity index (χ1) is 7.20. The molecular weight excluding hydrogens is 206 g/mol. The van der Waals surface area contributed by atoms with Gasteiger partial charge < -0.3 is 0 Å². The Kier molecular flexibility index (Phi) is 1.71. The molecule has 1 spiro atoms. The average Bonchev–Trinajstić information content (AvgIpc) is 2.96. The van der Waals surface area contributed by atoms with Gasteiger partial charge in [0.1, 0.15) is 0 Å². The molecule has 0 unspecified atom stereocenters. The first kappa shape index (κ1) is 9.24. The lowest BCUT2D eigenvalue weighted by molar-refractivity contribution is 0.173. The van der Waals surface area contributed by atoms with Crippen LogP contribution in [-0.4, -0.2) is 0 Å². The van der Waals surface area contributed by atoms with Crippen LogP contribution in [0.15, 0.2) is 24.3 Å². The molecule has 0 N–H and O–H groups in total. The van der Waals surface area contributed by atoms with Gasteiger partial charge in [-0.2, -0.15) is 5.26 Å². The molecule has 1 aromatic carbocycles. The number of benzene rings is 1. The number of nitriles is 1. The van der Waals surface area contributed by atoms with Crippen LogP contribution in [0.1, 0.15) is 31.2 Å². The number of hydrogen-bond donors (Lipinski definition) is 0. The van der Waals surface area contributed by atoms with Crippen molar-refractivity contribution in [3.05, 3.63) is 34.9 Å². The third kappa shape index (κ3) is 1.21. The van der Waals surface area contributed by atoms with Crippen LogP contribution in [-0.2, 0) is 5.41 Å². The highest BCUT2D eigenvalue weighted by molar-refractivity contribution is 6.31. The standard InChI is InChI=1S/C13H12ClN/c14-11-4-2-1-3-10(11)13(9-15)7-12(8-13)5-6-12/h1-4H,5-8H2. The highest BCUT2D eigenvalue weighted by Gasteiger charge is 2.62. The summed E-state index contributed by atoms with van der Waals surface area (Å²) >= 11 is 6.16. The molecule has 2 fully saturated rings. The molecule has 0 aliphatic heterocycles. The van der Waals surface area contributed by atoms with Gasteiger partial charge in [-0.3, -0.25) is 0 Å². The molecule has 3 rings (SSSR count). The summed E-state index contributed by atoms with van der Waals surface area (Å²) < 4.78 is 0. The summed E-state index contributed by atoms with van der Waals surface area (Å²) in [5.74, 6) is 0. The molecule has 2 heteroatoms. The van der Waals surface area contributed by atoms with E-state index in [9.17, 15) is 5.26 Å². The van der Waals surface area contributed by atoms with Crippen molar-refractivity contribution in [3.63, 3.8) is 0 Å². The fourth-order valence-corrected chi connectivity index (χ4v) is 3.25. The van der Waals surface area contributed by atoms with Crippen LogP contribution in [0.4, 0.5) is 0 Å². The van der Waals surface area contributed by atoms with Crippen LogP contribution in [0.2, 0.25) is 5.02 Å². The Labute approximate surface area is 94.7 Å². The summed E-state index contributed by atoms with van der Waals surface area (Å²) in [7, 11) is 0. The number of hydrogen-bond acceptors (Lipinski definition) is 1. The van der Waals surface area contributed by atoms with E-state index < -0.39 is 0 Å². The molecular formula is C13H12ClN. The zero-order chi connectivity index (χ0) is 10.5. The third-order valence-electron chi connectivity index (χ3n) is 3.91. The first-order valence-electron chi connectivity index (χ1n) is 5.36. The van der Waals surface area contributed by atoms with Gasteiger partial charge in [0.2, 0.25) is 0 Å². The minimum Gasteiger partial charge on any atom is -0.197 e. The fourth-order valence-electron chi connectivity index (χ4n) is 2.94. The maximum absolute atomic E-state index is 9.37. The summed E-state index contributed by atoms with van der Waals surface area (Å²) in [5.41, 5.74) is 1.27. The molecule has 0 amide bonds. The van der Waals surface area contributed by atoms with Crippen molar-refractivity contribution in [2.75, 3.05) is 0 Å². The Morgan fingerprint density at radius 1 is 1.20 bits per heavy atom. The van der Waals surface area contributed by atoms with Crippen LogP contribution < -0.4 is 0 Å². The maximum Gasteiger partial charge on any atom is 0.0847 e. The number of rotatable bonds is 1. The smallest absolute Gasteiger partial charge is 0.0847 e. The van der Waals surface area contributed by atoms with Gasteiger partial charge in [-0.05, 0) is 42.7 Å². The van der Waals surface area contributed by atoms with E-state index in [1.54, 1.807) is 0 Å². The van der Waals surface area contributed by atoms with Crippen molar-refractivity contribution in [1.82, 2.24) is 0 Å². The second kappa shape index (κ2) is 2.77. The minimum absolute atomic E-state index is 0.283. The van der Waals surface area contributed by atoms with Crippen molar-refractivity contribution in [1.29, 1.82) is 5.26 Å². The zero-order valence-electron chi connectivity index (χ0n) is 8.46. The minimum atomic E-state index is -0.283. The molecule has 0 radical (unpaired) electrons. The highest BCUT2D eigenvalue weighted by atomic mass is 35.5. The molecule has 0 atom stereocenters. The van der Waals surface area contributed by atoms with E-state index >= 15 is 0 Å². The summed E-state index contributed by atoms with van der Waals surface area (Å²) in [6, 6.07) is 10.3. The van der Waals surface area contributed by atoms with E-state index in [2.05, 4.69) is 6.07 Å². The first-order valence-corrected chi connectivity index (χ1v) is 5.74. The molecule has 0 heterocycles. The summed E-state index contributed by atoms with van der Waals surface area (Å²) in [6.45, 7) is 0. The van der Waals surface area contributed by atoms with E-state index in [1.807, 2.05) is 24.3 Å². The van der Waals surface area contributed by atoms with Crippen LogP contribution in [0.25, 0.3) is 0 Å². The topological polar surface area (TPSA) is 23.8 Å². The Bertz CT molecular complexity index is 446. The molecule has 2 aliphatic carbocycles. The molecule has 2 aliphatic rings. The second-order valence-electron chi connectivity index (χ2n) is 5.03. The molecule has 0 saturated heterocycles. The van der Waals surface area contributed by atoms with Crippen LogP contribution in [0.3, 0.4) is 0 Å². The van der Waals surface area contributed by atoms with Gasteiger partial charge in [0.15, 0.2) is 0 Å². The molecule has 0 bridgehead atoms. The Hall–Kier alpha value is -1.00. The van der Waals surface area contributed by atoms with Gasteiger partial charge >= 0.3 is 0 Å². The predicted octanol–water partition coefficient (Wildman–Crippen LogP) is 3.68. The second-order valence-corrected chi connectivity index (χ2v) is 5.43. The Morgan fingerprint density at radius 2 is 1.87 bits per heavy atom. The van der Waals surface area contributed by atoms with Gasteiger partial charge in [-0.1, -0.05) is 29.8 Å². The van der Waals surface area contributed by atoms with Crippen molar-refractivity contribution in [2.45, 2.75) is 31.1 Å². The third-order valence-corrected chi connectivity index (χ3v) is 4.24. The van der Waals surface area contributed by atoms with Gasteiger partial charge in [-0.25, -0.2) is 0 Å². The van der Waals surface area contributed by atoms with Crippen molar-refractivity contribution in [2.24, 2.45) is 5.41 Å². The lowest BCUT2D eigenvalue weighted by atomic mass is 9.57. The molecule has 15 heavy (non-hydrogen) atoms. The summed E-state index contributed by atoms with van der Waals surface area (Å²) in [6.07, 6.45) is 4.64. The van der Waals surface area contributed by atoms with Crippen LogP contribution in [0, 0.1) is 16.7 Å². The Balaban J connectivity index is 1.99. The van der Waals surface area contributed by atoms with Gasteiger partial charge in [0.05, 0.1) is 11.5 Å². The summed E-state index contributed by atoms with van der Waals surface area (Å²) in [4.78, 5) is 0. The average molecular weight is 218 g/mol. The SMILES string of the molecule is N#CC1(c2ccccc2Cl)CC2(CC2)C1. The van der Waals surface area contributed by atoms with Crippen LogP contribution in [0.5, 0.6) is 0 Å². The molecule has 1 aromatic rings. The van der Waals surface area contributed by atoms with E-state index in [0.717, 1.165) is 23.4 Å².